The van der Waals surface area contributed by atoms with Gasteiger partial charge in [0.1, 0.15) is 0 Å². The maximum Gasteiger partial charge on any atom is 0.315 e. The van der Waals surface area contributed by atoms with Crippen LogP contribution in [-0.2, 0) is 10.0 Å². The molecule has 0 unspecified atom stereocenters. The average molecular weight is 454 g/mol. The zero-order valence-electron chi connectivity index (χ0n) is 17.5. The van der Waals surface area contributed by atoms with Crippen molar-refractivity contribution >= 4 is 16.1 Å². The fourth-order valence-electron chi connectivity index (χ4n) is 4.41. The Morgan fingerprint density at radius 1 is 0.968 bits per heavy atom. The molecule has 2 fully saturated rings. The fourth-order valence-corrected chi connectivity index (χ4v) is 6.11. The van der Waals surface area contributed by atoms with Crippen molar-refractivity contribution < 1.29 is 13.2 Å². The third kappa shape index (κ3) is 7.79. The SMILES string of the molecule is C.C.Cc1ccccc1S(=O)(=O)N1CCC(CNC(=O)NC2CCCCCCC2)CC1. The second kappa shape index (κ2) is 13.1. The first-order chi connectivity index (χ1) is 14.0. The van der Waals surface area contributed by atoms with Crippen molar-refractivity contribution in [1.82, 2.24) is 14.9 Å². The minimum atomic E-state index is -3.44. The molecule has 1 aliphatic carbocycles. The van der Waals surface area contributed by atoms with Gasteiger partial charge >= 0.3 is 6.03 Å². The Morgan fingerprint density at radius 3 is 2.16 bits per heavy atom. The Balaban J connectivity index is 0.00000240. The topological polar surface area (TPSA) is 78.5 Å². The number of carbonyl (C=O) groups is 1. The Bertz CT molecular complexity index is 766. The largest absolute Gasteiger partial charge is 0.338 e. The second-order valence-electron chi connectivity index (χ2n) is 8.51. The molecule has 1 heterocycles. The van der Waals surface area contributed by atoms with Crippen LogP contribution >= 0.6 is 0 Å². The number of rotatable bonds is 5. The summed E-state index contributed by atoms with van der Waals surface area (Å²) >= 11 is 0. The number of amides is 2. The number of carbonyl (C=O) groups excluding carboxylic acids is 1. The third-order valence-electron chi connectivity index (χ3n) is 6.28. The molecule has 1 aromatic carbocycles. The van der Waals surface area contributed by atoms with Crippen LogP contribution in [0.2, 0.25) is 0 Å². The lowest BCUT2D eigenvalue weighted by Crippen LogP contribution is -2.46. The van der Waals surface area contributed by atoms with Crippen LogP contribution in [0.5, 0.6) is 0 Å². The Hall–Kier alpha value is -1.60. The molecule has 2 aliphatic rings. The molecule has 6 nitrogen and oxygen atoms in total. The molecule has 3 rings (SSSR count). The van der Waals surface area contributed by atoms with E-state index in [2.05, 4.69) is 10.6 Å². The summed E-state index contributed by atoms with van der Waals surface area (Å²) in [5.41, 5.74) is 0.780. The van der Waals surface area contributed by atoms with Crippen LogP contribution in [-0.4, -0.2) is 44.4 Å². The predicted octanol–water partition coefficient (Wildman–Crippen LogP) is 5.08. The number of sulfonamides is 1. The number of nitrogens with zero attached hydrogens (tertiary/aromatic N) is 1. The summed E-state index contributed by atoms with van der Waals surface area (Å²) in [6, 6.07) is 7.34. The van der Waals surface area contributed by atoms with Crippen molar-refractivity contribution in [3.8, 4) is 0 Å². The van der Waals surface area contributed by atoms with Gasteiger partial charge in [-0.05, 0) is 50.2 Å². The first kappa shape index (κ1) is 27.4. The van der Waals surface area contributed by atoms with Crippen molar-refractivity contribution in [2.24, 2.45) is 5.92 Å². The van der Waals surface area contributed by atoms with Crippen molar-refractivity contribution in [2.75, 3.05) is 19.6 Å². The van der Waals surface area contributed by atoms with Gasteiger partial charge in [0.15, 0.2) is 0 Å². The van der Waals surface area contributed by atoms with E-state index in [4.69, 9.17) is 0 Å². The molecular weight excluding hydrogens is 410 g/mol. The van der Waals surface area contributed by atoms with Gasteiger partial charge in [0.05, 0.1) is 4.90 Å². The van der Waals surface area contributed by atoms with Crippen LogP contribution in [0.3, 0.4) is 0 Å². The summed E-state index contributed by atoms with van der Waals surface area (Å²) in [6.07, 6.45) is 9.93. The maximum absolute atomic E-state index is 12.9. The molecule has 178 valence electrons. The molecule has 31 heavy (non-hydrogen) atoms. The summed E-state index contributed by atoms with van der Waals surface area (Å²) in [5, 5.41) is 6.14. The summed E-state index contributed by atoms with van der Waals surface area (Å²) in [6.45, 7) is 3.45. The first-order valence-corrected chi connectivity index (χ1v) is 12.5. The summed E-state index contributed by atoms with van der Waals surface area (Å²) in [4.78, 5) is 12.7. The lowest BCUT2D eigenvalue weighted by atomic mass is 9.97. The molecule has 0 aromatic heterocycles. The summed E-state index contributed by atoms with van der Waals surface area (Å²) < 4.78 is 27.4. The van der Waals surface area contributed by atoms with Crippen molar-refractivity contribution in [3.05, 3.63) is 29.8 Å². The van der Waals surface area contributed by atoms with Gasteiger partial charge in [-0.1, -0.05) is 65.2 Å². The van der Waals surface area contributed by atoms with E-state index in [-0.39, 0.29) is 26.9 Å². The van der Waals surface area contributed by atoms with Crippen LogP contribution < -0.4 is 10.6 Å². The normalized spacial score (nSPS) is 19.3. The lowest BCUT2D eigenvalue weighted by molar-refractivity contribution is 0.225. The highest BCUT2D eigenvalue weighted by Crippen LogP contribution is 2.25. The quantitative estimate of drug-likeness (QED) is 0.652. The van der Waals surface area contributed by atoms with Gasteiger partial charge in [-0.15, -0.1) is 0 Å². The second-order valence-corrected chi connectivity index (χ2v) is 10.4. The van der Waals surface area contributed by atoms with Gasteiger partial charge in [0.25, 0.3) is 0 Å². The number of piperidine rings is 1. The van der Waals surface area contributed by atoms with E-state index in [0.717, 1.165) is 31.2 Å². The maximum atomic E-state index is 12.9. The van der Waals surface area contributed by atoms with E-state index in [9.17, 15) is 13.2 Å². The van der Waals surface area contributed by atoms with E-state index in [1.54, 1.807) is 16.4 Å². The Labute approximate surface area is 190 Å². The van der Waals surface area contributed by atoms with Gasteiger partial charge in [0, 0.05) is 25.7 Å². The average Bonchev–Trinajstić information content (AvgIpc) is 2.69. The zero-order valence-corrected chi connectivity index (χ0v) is 18.3. The Kier molecular flexibility index (Phi) is 11.6. The molecule has 0 spiro atoms. The van der Waals surface area contributed by atoms with Gasteiger partial charge in [0.2, 0.25) is 10.0 Å². The van der Waals surface area contributed by atoms with Crippen molar-refractivity contribution in [1.29, 1.82) is 0 Å². The minimum absolute atomic E-state index is 0. The molecular formula is C24H43N3O3S. The van der Waals surface area contributed by atoms with Crippen LogP contribution in [0, 0.1) is 12.8 Å². The van der Waals surface area contributed by atoms with Gasteiger partial charge < -0.3 is 10.6 Å². The van der Waals surface area contributed by atoms with E-state index in [1.165, 1.54) is 32.1 Å². The first-order valence-electron chi connectivity index (χ1n) is 11.1. The number of benzene rings is 1. The van der Waals surface area contributed by atoms with Gasteiger partial charge in [-0.25, -0.2) is 13.2 Å². The highest BCUT2D eigenvalue weighted by Gasteiger charge is 2.30. The van der Waals surface area contributed by atoms with Crippen molar-refractivity contribution in [3.63, 3.8) is 0 Å². The zero-order chi connectivity index (χ0) is 20.7. The molecule has 2 amide bonds. The molecule has 1 saturated heterocycles. The van der Waals surface area contributed by atoms with Crippen LogP contribution in [0.1, 0.15) is 78.2 Å². The summed E-state index contributed by atoms with van der Waals surface area (Å²) in [5.74, 6) is 0.321. The number of nitrogens with one attached hydrogen (secondary N) is 2. The van der Waals surface area contributed by atoms with Crippen LogP contribution in [0.25, 0.3) is 0 Å². The number of aryl methyl sites for hydroxylation is 1. The smallest absolute Gasteiger partial charge is 0.315 e. The number of urea groups is 1. The molecule has 1 saturated carbocycles. The Morgan fingerprint density at radius 2 is 1.55 bits per heavy atom. The molecule has 1 aliphatic heterocycles. The molecule has 7 heteroatoms. The van der Waals surface area contributed by atoms with Gasteiger partial charge in [-0.2, -0.15) is 4.31 Å². The highest BCUT2D eigenvalue weighted by molar-refractivity contribution is 7.89. The lowest BCUT2D eigenvalue weighted by Gasteiger charge is -2.31. The third-order valence-corrected chi connectivity index (χ3v) is 8.34. The summed E-state index contributed by atoms with van der Waals surface area (Å²) in [7, 11) is -3.44. The van der Waals surface area contributed by atoms with E-state index >= 15 is 0 Å². The monoisotopic (exact) mass is 453 g/mol. The minimum Gasteiger partial charge on any atom is -0.338 e. The van der Waals surface area contributed by atoms with Crippen LogP contribution in [0.4, 0.5) is 4.79 Å². The number of hydrogen-bond acceptors (Lipinski definition) is 3. The molecule has 1 aromatic rings. The standard InChI is InChI=1S/C22H35N3O3S.2CH4/c1-18-9-7-8-12-21(18)29(27,28)25-15-13-19(14-16-25)17-23-22(26)24-20-10-5-3-2-4-6-11-20;;/h7-9,12,19-20H,2-6,10-11,13-17H2,1H3,(H2,23,24,26);2*1H4. The number of hydrogen-bond donors (Lipinski definition) is 2. The van der Waals surface area contributed by atoms with E-state index in [1.807, 2.05) is 19.1 Å². The van der Waals surface area contributed by atoms with Crippen molar-refractivity contribution in [2.45, 2.75) is 90.5 Å². The van der Waals surface area contributed by atoms with Crippen LogP contribution in [0.15, 0.2) is 29.2 Å². The predicted molar refractivity (Wildman–Crippen MR) is 129 cm³/mol. The molecule has 0 atom stereocenters. The molecule has 2 N–H and O–H groups in total. The fraction of sp³-hybridized carbons (Fsp3) is 0.708. The van der Waals surface area contributed by atoms with E-state index < -0.39 is 10.0 Å². The highest BCUT2D eigenvalue weighted by atomic mass is 32.2. The molecule has 0 radical (unpaired) electrons. The van der Waals surface area contributed by atoms with Gasteiger partial charge in [-0.3, -0.25) is 0 Å². The molecule has 0 bridgehead atoms. The van der Waals surface area contributed by atoms with E-state index in [0.29, 0.717) is 30.4 Å².